The summed E-state index contributed by atoms with van der Waals surface area (Å²) in [5.74, 6) is -0.536. The Morgan fingerprint density at radius 1 is 1.31 bits per heavy atom. The minimum absolute atomic E-state index is 0.0313. The van der Waals surface area contributed by atoms with Gasteiger partial charge in [-0.3, -0.25) is 4.79 Å². The van der Waals surface area contributed by atoms with Gasteiger partial charge in [-0.15, -0.1) is 0 Å². The van der Waals surface area contributed by atoms with Crippen molar-refractivity contribution in [3.63, 3.8) is 0 Å². The fraction of sp³-hybridized carbons (Fsp3) is 0.222. The maximum Gasteiger partial charge on any atom is 0.200 e. The van der Waals surface area contributed by atoms with E-state index in [1.807, 2.05) is 12.1 Å². The number of hydrogen-bond acceptors (Lipinski definition) is 2. The molecule has 0 spiro atoms. The van der Waals surface area contributed by atoms with Crippen LogP contribution in [0.5, 0.6) is 0 Å². The third-order valence-corrected chi connectivity index (χ3v) is 1.67. The topological polar surface area (TPSA) is 49.3 Å². The molecule has 2 N–H and O–H groups in total. The molecule has 0 unspecified atom stereocenters. The van der Waals surface area contributed by atoms with Gasteiger partial charge in [-0.25, -0.2) is 0 Å². The summed E-state index contributed by atoms with van der Waals surface area (Å²) in [6, 6.07) is 7.28. The lowest BCUT2D eigenvalue weighted by atomic mass is 10.1. The highest BCUT2D eigenvalue weighted by Crippen LogP contribution is 2.03. The fourth-order valence-electron chi connectivity index (χ4n) is 0.952. The van der Waals surface area contributed by atoms with E-state index in [0.717, 1.165) is 11.1 Å². The van der Waals surface area contributed by atoms with Crippen LogP contribution in [0.3, 0.4) is 0 Å². The lowest BCUT2D eigenvalue weighted by Gasteiger charge is -2.03. The molecule has 0 saturated carbocycles. The lowest BCUT2D eigenvalue weighted by Crippen LogP contribution is -2.20. The van der Waals surface area contributed by atoms with Crippen molar-refractivity contribution in [2.45, 2.75) is 13.2 Å². The molecular weight excluding hydrogens is 165 g/mol. The maximum absolute atomic E-state index is 10.4. The van der Waals surface area contributed by atoms with Crippen molar-refractivity contribution in [1.82, 2.24) is 5.32 Å². The van der Waals surface area contributed by atoms with E-state index in [-0.39, 0.29) is 6.61 Å². The van der Waals surface area contributed by atoms with Crippen molar-refractivity contribution in [3.05, 3.63) is 35.4 Å². The molecule has 1 amide bonds. The zero-order valence-corrected chi connectivity index (χ0v) is 7.16. The summed E-state index contributed by atoms with van der Waals surface area (Å²) in [7, 11) is 4.91. The number of aliphatic hydroxyl groups excluding tert-OH is 1. The molecule has 3 nitrogen and oxygen atoms in total. The number of benzene rings is 1. The van der Waals surface area contributed by atoms with E-state index < -0.39 is 5.81 Å². The molecule has 0 aliphatic rings. The highest BCUT2D eigenvalue weighted by Gasteiger charge is 1.94. The molecule has 0 bridgehead atoms. The molecule has 4 heteroatoms. The minimum Gasteiger partial charge on any atom is -0.392 e. The molecule has 0 aliphatic carbocycles. The Balaban J connectivity index is 2.54. The molecule has 0 saturated heterocycles. The minimum atomic E-state index is -0.536. The second-order valence-electron chi connectivity index (χ2n) is 2.69. The number of hydrogen-bond donors (Lipinski definition) is 2. The van der Waals surface area contributed by atoms with Crippen molar-refractivity contribution in [2.24, 2.45) is 0 Å². The van der Waals surface area contributed by atoms with Crippen LogP contribution in [0.2, 0.25) is 0 Å². The van der Waals surface area contributed by atoms with Crippen LogP contribution in [-0.4, -0.2) is 18.8 Å². The predicted molar refractivity (Wildman–Crippen MR) is 50.4 cm³/mol. The van der Waals surface area contributed by atoms with Crippen LogP contribution in [0.15, 0.2) is 24.3 Å². The molecule has 13 heavy (non-hydrogen) atoms. The Kier molecular flexibility index (Phi) is 3.52. The Labute approximate surface area is 78.2 Å². The first-order valence-electron chi connectivity index (χ1n) is 3.94. The monoisotopic (exact) mass is 175 g/mol. The molecule has 66 valence electrons. The molecule has 0 aliphatic heterocycles. The normalized spacial score (nSPS) is 9.62. The van der Waals surface area contributed by atoms with E-state index in [2.05, 4.69) is 5.32 Å². The third kappa shape index (κ3) is 3.30. The van der Waals surface area contributed by atoms with E-state index in [9.17, 15) is 4.79 Å². The van der Waals surface area contributed by atoms with Crippen LogP contribution >= 0.6 is 0 Å². The van der Waals surface area contributed by atoms with Crippen LogP contribution in [0, 0.1) is 0 Å². The van der Waals surface area contributed by atoms with Gasteiger partial charge in [-0.1, -0.05) is 24.3 Å². The van der Waals surface area contributed by atoms with Crippen molar-refractivity contribution in [2.75, 3.05) is 0 Å². The maximum atomic E-state index is 10.4. The lowest BCUT2D eigenvalue weighted by molar-refractivity contribution is 0.259. The third-order valence-electron chi connectivity index (χ3n) is 1.67. The smallest absolute Gasteiger partial charge is 0.200 e. The van der Waals surface area contributed by atoms with E-state index in [1.165, 1.54) is 0 Å². The van der Waals surface area contributed by atoms with Gasteiger partial charge < -0.3 is 10.4 Å². The Morgan fingerprint density at radius 2 is 1.85 bits per heavy atom. The molecule has 0 fully saturated rings. The average molecular weight is 175 g/mol. The highest BCUT2D eigenvalue weighted by atomic mass is 16.3. The highest BCUT2D eigenvalue weighted by molar-refractivity contribution is 6.57. The molecule has 0 atom stereocenters. The summed E-state index contributed by atoms with van der Waals surface area (Å²) in [6.45, 7) is 0.449. The van der Waals surface area contributed by atoms with Gasteiger partial charge in [0.1, 0.15) is 0 Å². The number of carbonyl (C=O) groups is 1. The van der Waals surface area contributed by atoms with Crippen LogP contribution in [0.25, 0.3) is 0 Å². The SMILES string of the molecule is [B]C(=O)NCc1ccc(CO)cc1. The molecular formula is C9H10BNO2. The Hall–Kier alpha value is -1.29. The number of aliphatic hydroxyl groups is 1. The molecule has 1 aromatic carbocycles. The van der Waals surface area contributed by atoms with E-state index in [1.54, 1.807) is 12.1 Å². The van der Waals surface area contributed by atoms with Crippen molar-refractivity contribution in [3.8, 4) is 0 Å². The van der Waals surface area contributed by atoms with E-state index in [0.29, 0.717) is 6.54 Å². The van der Waals surface area contributed by atoms with Gasteiger partial charge in [0.2, 0.25) is 7.85 Å². The van der Waals surface area contributed by atoms with Crippen LogP contribution in [-0.2, 0) is 13.2 Å². The number of carbonyl (C=O) groups excluding carboxylic acids is 1. The zero-order chi connectivity index (χ0) is 9.68. The summed E-state index contributed by atoms with van der Waals surface area (Å²) in [5, 5.41) is 11.2. The van der Waals surface area contributed by atoms with Gasteiger partial charge in [0.05, 0.1) is 6.61 Å². The van der Waals surface area contributed by atoms with E-state index in [4.69, 9.17) is 13.0 Å². The molecule has 2 radical (unpaired) electrons. The Morgan fingerprint density at radius 3 is 2.31 bits per heavy atom. The summed E-state index contributed by atoms with van der Waals surface area (Å²) in [4.78, 5) is 10.4. The van der Waals surface area contributed by atoms with Gasteiger partial charge in [0.15, 0.2) is 5.81 Å². The van der Waals surface area contributed by atoms with E-state index >= 15 is 0 Å². The summed E-state index contributed by atoms with van der Waals surface area (Å²) >= 11 is 0. The van der Waals surface area contributed by atoms with Gasteiger partial charge in [-0.05, 0) is 11.1 Å². The second-order valence-corrected chi connectivity index (χ2v) is 2.69. The second kappa shape index (κ2) is 4.67. The van der Waals surface area contributed by atoms with Gasteiger partial charge in [0, 0.05) is 6.54 Å². The van der Waals surface area contributed by atoms with Gasteiger partial charge in [0.25, 0.3) is 0 Å². The van der Waals surface area contributed by atoms with Crippen molar-refractivity contribution in [1.29, 1.82) is 0 Å². The first-order chi connectivity index (χ1) is 6.22. The van der Waals surface area contributed by atoms with Crippen LogP contribution < -0.4 is 5.32 Å². The largest absolute Gasteiger partial charge is 0.392 e. The standard InChI is InChI=1S/C9H10BNO2/c10-9(13)11-5-7-1-3-8(6-12)4-2-7/h1-4,12H,5-6H2,(H,11,13). The first kappa shape index (κ1) is 9.80. The number of rotatable bonds is 3. The molecule has 1 rings (SSSR count). The first-order valence-corrected chi connectivity index (χ1v) is 3.94. The summed E-state index contributed by atoms with van der Waals surface area (Å²) in [6.07, 6.45) is 0. The molecule has 1 aromatic rings. The number of nitrogens with one attached hydrogen (secondary N) is 1. The summed E-state index contributed by atoms with van der Waals surface area (Å²) < 4.78 is 0. The molecule has 0 aromatic heterocycles. The van der Waals surface area contributed by atoms with Crippen LogP contribution in [0.4, 0.5) is 4.79 Å². The van der Waals surface area contributed by atoms with Crippen molar-refractivity contribution >= 4 is 13.7 Å². The molecule has 0 heterocycles. The van der Waals surface area contributed by atoms with Gasteiger partial charge >= 0.3 is 0 Å². The predicted octanol–water partition coefficient (Wildman–Crippen LogP) is 0.557. The fourth-order valence-corrected chi connectivity index (χ4v) is 0.952. The van der Waals surface area contributed by atoms with Gasteiger partial charge in [-0.2, -0.15) is 0 Å². The summed E-state index contributed by atoms with van der Waals surface area (Å²) in [5.41, 5.74) is 1.80. The quantitative estimate of drug-likeness (QED) is 0.659. The zero-order valence-electron chi connectivity index (χ0n) is 7.16. The van der Waals surface area contributed by atoms with Crippen molar-refractivity contribution < 1.29 is 9.90 Å². The van der Waals surface area contributed by atoms with Crippen LogP contribution in [0.1, 0.15) is 11.1 Å². The average Bonchev–Trinajstić information content (AvgIpc) is 2.15. The number of amides is 1. The Bertz CT molecular complexity index is 284.